The fraction of sp³-hybridized carbons (Fsp3) is 0.214. The SMILES string of the molecule is CCn1c(-c2ccccc2)nc(-c2ccc(C)cc2)c1C(=O)N[C@@H](C)c1cccc(OC)c1. The van der Waals surface area contributed by atoms with Crippen LogP contribution in [0, 0.1) is 6.92 Å². The quantitative estimate of drug-likeness (QED) is 0.382. The molecule has 0 unspecified atom stereocenters. The normalized spacial score (nSPS) is 11.8. The summed E-state index contributed by atoms with van der Waals surface area (Å²) in [7, 11) is 1.64. The Morgan fingerprint density at radius 3 is 2.39 bits per heavy atom. The lowest BCUT2D eigenvalue weighted by Gasteiger charge is -2.17. The van der Waals surface area contributed by atoms with Crippen molar-refractivity contribution in [1.82, 2.24) is 14.9 Å². The van der Waals surface area contributed by atoms with E-state index in [0.717, 1.165) is 33.8 Å². The van der Waals surface area contributed by atoms with Crippen molar-refractivity contribution in [2.45, 2.75) is 33.4 Å². The van der Waals surface area contributed by atoms with Crippen LogP contribution in [0.4, 0.5) is 0 Å². The van der Waals surface area contributed by atoms with E-state index in [9.17, 15) is 4.79 Å². The molecule has 0 aliphatic carbocycles. The van der Waals surface area contributed by atoms with Gasteiger partial charge in [-0.15, -0.1) is 0 Å². The number of nitrogens with zero attached hydrogens (tertiary/aromatic N) is 2. The monoisotopic (exact) mass is 439 g/mol. The molecule has 0 saturated carbocycles. The Balaban J connectivity index is 1.78. The van der Waals surface area contributed by atoms with Crippen LogP contribution in [0.15, 0.2) is 78.9 Å². The number of nitrogens with one attached hydrogen (secondary N) is 1. The van der Waals surface area contributed by atoms with E-state index >= 15 is 0 Å². The summed E-state index contributed by atoms with van der Waals surface area (Å²) in [6, 6.07) is 25.7. The lowest BCUT2D eigenvalue weighted by molar-refractivity contribution is 0.0931. The summed E-state index contributed by atoms with van der Waals surface area (Å²) in [5.74, 6) is 1.39. The highest BCUT2D eigenvalue weighted by Crippen LogP contribution is 2.30. The zero-order valence-electron chi connectivity index (χ0n) is 19.5. The van der Waals surface area contributed by atoms with Gasteiger partial charge in [-0.3, -0.25) is 4.79 Å². The van der Waals surface area contributed by atoms with Crippen LogP contribution in [-0.2, 0) is 6.54 Å². The van der Waals surface area contributed by atoms with Crippen LogP contribution in [0.1, 0.15) is 41.5 Å². The molecule has 0 aliphatic rings. The first-order valence-electron chi connectivity index (χ1n) is 11.2. The zero-order valence-corrected chi connectivity index (χ0v) is 19.5. The third-order valence-electron chi connectivity index (χ3n) is 5.80. The molecule has 33 heavy (non-hydrogen) atoms. The summed E-state index contributed by atoms with van der Waals surface area (Å²) in [4.78, 5) is 18.6. The second-order valence-corrected chi connectivity index (χ2v) is 8.08. The van der Waals surface area contributed by atoms with Gasteiger partial charge in [0.05, 0.1) is 13.2 Å². The third kappa shape index (κ3) is 4.67. The smallest absolute Gasteiger partial charge is 0.270 e. The number of aromatic nitrogens is 2. The van der Waals surface area contributed by atoms with Crippen molar-refractivity contribution < 1.29 is 9.53 Å². The minimum Gasteiger partial charge on any atom is -0.497 e. The molecule has 5 nitrogen and oxygen atoms in total. The van der Waals surface area contributed by atoms with E-state index < -0.39 is 0 Å². The van der Waals surface area contributed by atoms with Crippen molar-refractivity contribution in [3.8, 4) is 28.4 Å². The Morgan fingerprint density at radius 1 is 1.00 bits per heavy atom. The predicted molar refractivity (Wildman–Crippen MR) is 132 cm³/mol. The fourth-order valence-electron chi connectivity index (χ4n) is 3.97. The number of carbonyl (C=O) groups excluding carboxylic acids is 1. The number of amides is 1. The summed E-state index contributed by atoms with van der Waals surface area (Å²) in [5, 5.41) is 3.17. The summed E-state index contributed by atoms with van der Waals surface area (Å²) < 4.78 is 7.34. The Morgan fingerprint density at radius 2 is 1.73 bits per heavy atom. The maximum Gasteiger partial charge on any atom is 0.270 e. The second-order valence-electron chi connectivity index (χ2n) is 8.08. The topological polar surface area (TPSA) is 56.2 Å². The molecule has 0 spiro atoms. The molecule has 1 atom stereocenters. The van der Waals surface area contributed by atoms with E-state index in [-0.39, 0.29) is 11.9 Å². The van der Waals surface area contributed by atoms with Gasteiger partial charge >= 0.3 is 0 Å². The number of methoxy groups -OCH3 is 1. The lowest BCUT2D eigenvalue weighted by Crippen LogP contribution is -2.29. The van der Waals surface area contributed by atoms with Gasteiger partial charge in [-0.25, -0.2) is 4.98 Å². The van der Waals surface area contributed by atoms with E-state index in [1.165, 1.54) is 0 Å². The van der Waals surface area contributed by atoms with Crippen LogP contribution in [0.25, 0.3) is 22.6 Å². The van der Waals surface area contributed by atoms with Crippen molar-refractivity contribution in [2.75, 3.05) is 7.11 Å². The largest absolute Gasteiger partial charge is 0.497 e. The van der Waals surface area contributed by atoms with Gasteiger partial charge in [-0.1, -0.05) is 72.3 Å². The molecule has 0 bridgehead atoms. The van der Waals surface area contributed by atoms with Crippen LogP contribution in [-0.4, -0.2) is 22.6 Å². The number of imidazole rings is 1. The van der Waals surface area contributed by atoms with E-state index in [0.29, 0.717) is 17.9 Å². The first kappa shape index (κ1) is 22.3. The first-order valence-corrected chi connectivity index (χ1v) is 11.2. The van der Waals surface area contributed by atoms with Gasteiger partial charge in [0.1, 0.15) is 23.0 Å². The Bertz CT molecular complexity index is 1240. The standard InChI is InChI=1S/C28H29N3O2/c1-5-31-26(28(32)29-20(3)23-12-9-13-24(18-23)33-4)25(21-16-14-19(2)15-17-21)30-27(31)22-10-7-6-8-11-22/h6-18,20H,5H2,1-4H3,(H,29,32)/t20-/m0/s1. The molecule has 0 aliphatic heterocycles. The predicted octanol–water partition coefficient (Wildman–Crippen LogP) is 6.05. The molecule has 4 rings (SSSR count). The summed E-state index contributed by atoms with van der Waals surface area (Å²) in [6.07, 6.45) is 0. The maximum absolute atomic E-state index is 13.7. The van der Waals surface area contributed by atoms with Crippen molar-refractivity contribution in [3.63, 3.8) is 0 Å². The minimum absolute atomic E-state index is 0.155. The molecule has 0 radical (unpaired) electrons. The van der Waals surface area contributed by atoms with Gasteiger partial charge in [0.25, 0.3) is 5.91 Å². The van der Waals surface area contributed by atoms with Gasteiger partial charge in [-0.2, -0.15) is 0 Å². The summed E-state index contributed by atoms with van der Waals surface area (Å²) >= 11 is 0. The number of hydrogen-bond acceptors (Lipinski definition) is 3. The van der Waals surface area contributed by atoms with Crippen LogP contribution in [0.5, 0.6) is 5.75 Å². The van der Waals surface area contributed by atoms with E-state index in [1.807, 2.05) is 104 Å². The van der Waals surface area contributed by atoms with Gasteiger partial charge in [0.15, 0.2) is 0 Å². The summed E-state index contributed by atoms with van der Waals surface area (Å²) in [6.45, 7) is 6.69. The average molecular weight is 440 g/mol. The van der Waals surface area contributed by atoms with E-state index in [2.05, 4.69) is 5.32 Å². The first-order chi connectivity index (χ1) is 16.0. The van der Waals surface area contributed by atoms with Crippen LogP contribution in [0.2, 0.25) is 0 Å². The van der Waals surface area contributed by atoms with Crippen molar-refractivity contribution in [2.24, 2.45) is 0 Å². The molecular weight excluding hydrogens is 410 g/mol. The number of ether oxygens (including phenoxy) is 1. The molecule has 4 aromatic rings. The fourth-order valence-corrected chi connectivity index (χ4v) is 3.97. The van der Waals surface area contributed by atoms with Gasteiger partial charge in [0.2, 0.25) is 0 Å². The van der Waals surface area contributed by atoms with E-state index in [4.69, 9.17) is 9.72 Å². The molecule has 1 aromatic heterocycles. The van der Waals surface area contributed by atoms with Gasteiger partial charge < -0.3 is 14.6 Å². The Kier molecular flexibility index (Phi) is 6.59. The molecule has 0 saturated heterocycles. The molecule has 3 aromatic carbocycles. The number of aryl methyl sites for hydroxylation is 1. The number of rotatable bonds is 7. The van der Waals surface area contributed by atoms with Crippen LogP contribution >= 0.6 is 0 Å². The van der Waals surface area contributed by atoms with E-state index in [1.54, 1.807) is 7.11 Å². The van der Waals surface area contributed by atoms with Gasteiger partial charge in [0, 0.05) is 17.7 Å². The lowest BCUT2D eigenvalue weighted by atomic mass is 10.1. The summed E-state index contributed by atoms with van der Waals surface area (Å²) in [5.41, 5.74) is 5.29. The van der Waals surface area contributed by atoms with Crippen molar-refractivity contribution in [1.29, 1.82) is 0 Å². The highest BCUT2D eigenvalue weighted by atomic mass is 16.5. The highest BCUT2D eigenvalue weighted by molar-refractivity contribution is 5.99. The molecule has 1 heterocycles. The minimum atomic E-state index is -0.196. The Labute approximate surface area is 195 Å². The molecule has 1 amide bonds. The number of hydrogen-bond donors (Lipinski definition) is 1. The van der Waals surface area contributed by atoms with Gasteiger partial charge in [-0.05, 0) is 38.5 Å². The maximum atomic E-state index is 13.7. The average Bonchev–Trinajstić information content (AvgIpc) is 3.25. The molecular formula is C28H29N3O2. The van der Waals surface area contributed by atoms with Crippen molar-refractivity contribution in [3.05, 3.63) is 95.7 Å². The van der Waals surface area contributed by atoms with Crippen LogP contribution < -0.4 is 10.1 Å². The molecule has 0 fully saturated rings. The third-order valence-corrected chi connectivity index (χ3v) is 5.80. The number of carbonyl (C=O) groups is 1. The zero-order chi connectivity index (χ0) is 23.4. The Hall–Kier alpha value is -3.86. The highest BCUT2D eigenvalue weighted by Gasteiger charge is 2.25. The van der Waals surface area contributed by atoms with Crippen LogP contribution in [0.3, 0.4) is 0 Å². The van der Waals surface area contributed by atoms with Crippen molar-refractivity contribution >= 4 is 5.91 Å². The molecule has 1 N–H and O–H groups in total. The molecule has 168 valence electrons. The number of benzene rings is 3. The molecule has 5 heteroatoms. The second kappa shape index (κ2) is 9.74.